The quantitative estimate of drug-likeness (QED) is 0.397. The molecular weight excluding hydrogens is 404 g/mol. The Morgan fingerprint density at radius 2 is 1.89 bits per heavy atom. The Bertz CT molecular complexity index is 836. The van der Waals surface area contributed by atoms with Gasteiger partial charge in [0.15, 0.2) is 4.34 Å². The standard InChI is InChI=1S/C17H18N4O3S3/c1-3-26-17-20-19-16(27-17)18-13(22)12(8-9-25-2)21-14(23)10-6-4-5-7-11(10)15(21)24/h4-7,12H,3,8-9H2,1-2H3,(H,18,19,22). The van der Waals surface area contributed by atoms with Crippen molar-refractivity contribution < 1.29 is 14.4 Å². The number of rotatable bonds is 8. The van der Waals surface area contributed by atoms with Gasteiger partial charge in [-0.05, 0) is 36.3 Å². The minimum absolute atomic E-state index is 0.335. The van der Waals surface area contributed by atoms with Crippen LogP contribution < -0.4 is 5.32 Å². The summed E-state index contributed by atoms with van der Waals surface area (Å²) < 4.78 is 0.759. The molecule has 142 valence electrons. The number of hydrogen-bond donors (Lipinski definition) is 1. The van der Waals surface area contributed by atoms with E-state index in [0.29, 0.717) is 28.4 Å². The minimum atomic E-state index is -0.893. The van der Waals surface area contributed by atoms with Crippen LogP contribution in [0.15, 0.2) is 28.6 Å². The Morgan fingerprint density at radius 1 is 1.22 bits per heavy atom. The Balaban J connectivity index is 1.82. The summed E-state index contributed by atoms with van der Waals surface area (Å²) in [6.45, 7) is 2.00. The predicted molar refractivity (Wildman–Crippen MR) is 109 cm³/mol. The highest BCUT2D eigenvalue weighted by Crippen LogP contribution is 2.28. The lowest BCUT2D eigenvalue weighted by Crippen LogP contribution is -2.47. The minimum Gasteiger partial charge on any atom is -0.299 e. The van der Waals surface area contributed by atoms with Gasteiger partial charge in [-0.2, -0.15) is 11.8 Å². The van der Waals surface area contributed by atoms with Gasteiger partial charge in [0.1, 0.15) is 6.04 Å². The SMILES string of the molecule is CCSc1nnc(NC(=O)C(CCSC)N2C(=O)c3ccccc3C2=O)s1. The van der Waals surface area contributed by atoms with Gasteiger partial charge >= 0.3 is 0 Å². The van der Waals surface area contributed by atoms with Crippen molar-refractivity contribution in [2.75, 3.05) is 23.1 Å². The van der Waals surface area contributed by atoms with Gasteiger partial charge in [-0.1, -0.05) is 42.2 Å². The summed E-state index contributed by atoms with van der Waals surface area (Å²) in [4.78, 5) is 39.4. The molecule has 3 rings (SSSR count). The van der Waals surface area contributed by atoms with Crippen LogP contribution in [0.4, 0.5) is 5.13 Å². The maximum absolute atomic E-state index is 12.9. The number of carbonyl (C=O) groups is 3. The zero-order chi connectivity index (χ0) is 19.4. The van der Waals surface area contributed by atoms with E-state index in [9.17, 15) is 14.4 Å². The van der Waals surface area contributed by atoms with E-state index in [-0.39, 0.29) is 0 Å². The normalized spacial score (nSPS) is 14.4. The molecule has 0 fully saturated rings. The summed E-state index contributed by atoms with van der Waals surface area (Å²) in [6.07, 6.45) is 2.28. The van der Waals surface area contributed by atoms with Crippen molar-refractivity contribution in [2.24, 2.45) is 0 Å². The fourth-order valence-electron chi connectivity index (χ4n) is 2.73. The molecule has 0 saturated carbocycles. The summed E-state index contributed by atoms with van der Waals surface area (Å²) >= 11 is 4.36. The molecule has 7 nitrogen and oxygen atoms in total. The molecule has 0 radical (unpaired) electrons. The number of benzene rings is 1. The molecule has 3 amide bonds. The number of hydrogen-bond acceptors (Lipinski definition) is 8. The zero-order valence-corrected chi connectivity index (χ0v) is 17.2. The lowest BCUT2D eigenvalue weighted by Gasteiger charge is -2.24. The molecule has 1 atom stereocenters. The number of nitrogens with zero attached hydrogens (tertiary/aromatic N) is 3. The van der Waals surface area contributed by atoms with Crippen LogP contribution in [-0.4, -0.2) is 56.6 Å². The third-order valence-electron chi connectivity index (χ3n) is 3.94. The van der Waals surface area contributed by atoms with Gasteiger partial charge in [0.25, 0.3) is 11.8 Å². The topological polar surface area (TPSA) is 92.3 Å². The van der Waals surface area contributed by atoms with Gasteiger partial charge in [-0.3, -0.25) is 24.6 Å². The van der Waals surface area contributed by atoms with Crippen molar-refractivity contribution in [1.82, 2.24) is 15.1 Å². The number of anilines is 1. The zero-order valence-electron chi connectivity index (χ0n) is 14.8. The molecule has 1 aromatic heterocycles. The van der Waals surface area contributed by atoms with Crippen LogP contribution in [0.25, 0.3) is 0 Å². The van der Waals surface area contributed by atoms with E-state index in [2.05, 4.69) is 15.5 Å². The molecule has 0 bridgehead atoms. The van der Waals surface area contributed by atoms with Crippen LogP contribution in [0.3, 0.4) is 0 Å². The molecule has 0 saturated heterocycles. The monoisotopic (exact) mass is 422 g/mol. The highest BCUT2D eigenvalue weighted by atomic mass is 32.2. The van der Waals surface area contributed by atoms with Gasteiger partial charge in [0, 0.05) is 0 Å². The van der Waals surface area contributed by atoms with E-state index in [0.717, 1.165) is 15.0 Å². The number of imide groups is 1. The fourth-order valence-corrected chi connectivity index (χ4v) is 4.84. The third-order valence-corrected chi connectivity index (χ3v) is 6.44. The fraction of sp³-hybridized carbons (Fsp3) is 0.353. The first-order valence-corrected chi connectivity index (χ1v) is 11.5. The maximum Gasteiger partial charge on any atom is 0.262 e. The molecule has 27 heavy (non-hydrogen) atoms. The largest absolute Gasteiger partial charge is 0.299 e. The number of carbonyl (C=O) groups excluding carboxylic acids is 3. The van der Waals surface area contributed by atoms with E-state index in [1.54, 1.807) is 36.0 Å². The van der Waals surface area contributed by atoms with Gasteiger partial charge in [-0.15, -0.1) is 10.2 Å². The van der Waals surface area contributed by atoms with Crippen molar-refractivity contribution in [3.8, 4) is 0 Å². The van der Waals surface area contributed by atoms with Crippen LogP contribution in [0, 0.1) is 0 Å². The molecule has 10 heteroatoms. The summed E-state index contributed by atoms with van der Waals surface area (Å²) in [6, 6.07) is 5.74. The second-order valence-electron chi connectivity index (χ2n) is 5.62. The van der Waals surface area contributed by atoms with E-state index in [4.69, 9.17) is 0 Å². The second-order valence-corrected chi connectivity index (χ2v) is 9.09. The summed E-state index contributed by atoms with van der Waals surface area (Å²) in [5.74, 6) is 0.197. The molecule has 2 aromatic rings. The van der Waals surface area contributed by atoms with Crippen molar-refractivity contribution in [3.05, 3.63) is 35.4 Å². The molecule has 2 heterocycles. The maximum atomic E-state index is 12.9. The summed E-state index contributed by atoms with van der Waals surface area (Å²) in [5.41, 5.74) is 0.670. The van der Waals surface area contributed by atoms with Crippen LogP contribution in [0.1, 0.15) is 34.1 Å². The first-order valence-electron chi connectivity index (χ1n) is 8.29. The number of aromatic nitrogens is 2. The van der Waals surface area contributed by atoms with Crippen LogP contribution in [-0.2, 0) is 4.79 Å². The van der Waals surface area contributed by atoms with Crippen molar-refractivity contribution in [2.45, 2.75) is 23.7 Å². The lowest BCUT2D eigenvalue weighted by molar-refractivity contribution is -0.120. The Kier molecular flexibility index (Phi) is 6.51. The van der Waals surface area contributed by atoms with Gasteiger partial charge < -0.3 is 0 Å². The highest BCUT2D eigenvalue weighted by Gasteiger charge is 2.42. The molecule has 0 spiro atoms. The smallest absolute Gasteiger partial charge is 0.262 e. The van der Waals surface area contributed by atoms with Crippen LogP contribution >= 0.6 is 34.9 Å². The number of thioether (sulfide) groups is 2. The molecule has 1 aromatic carbocycles. The molecule has 0 aliphatic carbocycles. The van der Waals surface area contributed by atoms with Gasteiger partial charge in [-0.25, -0.2) is 0 Å². The van der Waals surface area contributed by atoms with E-state index >= 15 is 0 Å². The van der Waals surface area contributed by atoms with E-state index in [1.165, 1.54) is 23.1 Å². The van der Waals surface area contributed by atoms with Crippen LogP contribution in [0.2, 0.25) is 0 Å². The number of amides is 3. The van der Waals surface area contributed by atoms with Crippen molar-refractivity contribution in [3.63, 3.8) is 0 Å². The summed E-state index contributed by atoms with van der Waals surface area (Å²) in [5, 5.41) is 11.0. The van der Waals surface area contributed by atoms with Gasteiger partial charge in [0.2, 0.25) is 11.0 Å². The second kappa shape index (κ2) is 8.85. The summed E-state index contributed by atoms with van der Waals surface area (Å²) in [7, 11) is 0. The average Bonchev–Trinajstić information content (AvgIpc) is 3.20. The molecule has 1 aliphatic heterocycles. The Labute approximate surface area is 169 Å². The van der Waals surface area contributed by atoms with E-state index in [1.807, 2.05) is 13.2 Å². The van der Waals surface area contributed by atoms with Crippen LogP contribution in [0.5, 0.6) is 0 Å². The van der Waals surface area contributed by atoms with Crippen molar-refractivity contribution in [1.29, 1.82) is 0 Å². The average molecular weight is 423 g/mol. The van der Waals surface area contributed by atoms with Gasteiger partial charge in [0.05, 0.1) is 11.1 Å². The number of nitrogens with one attached hydrogen (secondary N) is 1. The first-order chi connectivity index (χ1) is 13.1. The Morgan fingerprint density at radius 3 is 2.48 bits per heavy atom. The Hall–Kier alpha value is -1.91. The predicted octanol–water partition coefficient (Wildman–Crippen LogP) is 3.01. The molecular formula is C17H18N4O3S3. The number of fused-ring (bicyclic) bond motifs is 1. The van der Waals surface area contributed by atoms with E-state index < -0.39 is 23.8 Å². The lowest BCUT2D eigenvalue weighted by atomic mass is 10.1. The highest BCUT2D eigenvalue weighted by molar-refractivity contribution is 8.01. The molecule has 1 N–H and O–H groups in total. The molecule has 1 aliphatic rings. The first kappa shape index (κ1) is 19.8. The third kappa shape index (κ3) is 4.17. The molecule has 1 unspecified atom stereocenters. The van der Waals surface area contributed by atoms with Crippen molar-refractivity contribution >= 4 is 57.7 Å².